The topological polar surface area (TPSA) is 0 Å². The van der Waals surface area contributed by atoms with Crippen molar-refractivity contribution in [2.45, 2.75) is 13.8 Å². The molecule has 0 amide bonds. The van der Waals surface area contributed by atoms with Gasteiger partial charge >= 0.3 is 0 Å². The Labute approximate surface area is 77.1 Å². The maximum atomic E-state index is 5.24. The molecule has 0 rings (SSSR count). The van der Waals surface area contributed by atoms with E-state index in [0.717, 1.165) is 10.9 Å². The van der Waals surface area contributed by atoms with Crippen molar-refractivity contribution in [3.63, 3.8) is 0 Å². The molecule has 60 valence electrons. The smallest absolute Gasteiger partial charge is 0.0428 e. The molecule has 0 spiro atoms. The van der Waals surface area contributed by atoms with Gasteiger partial charge in [0.05, 0.1) is 0 Å². The SMILES string of the molecule is C=C(C)CBr.C=C(C)CCl. The van der Waals surface area contributed by atoms with E-state index in [4.69, 9.17) is 11.6 Å². The van der Waals surface area contributed by atoms with Crippen LogP contribution in [0.5, 0.6) is 0 Å². The number of hydrogen-bond donors (Lipinski definition) is 0. The van der Waals surface area contributed by atoms with E-state index in [2.05, 4.69) is 29.1 Å². The van der Waals surface area contributed by atoms with Gasteiger partial charge in [0, 0.05) is 11.2 Å². The molecule has 0 aromatic heterocycles. The summed E-state index contributed by atoms with van der Waals surface area (Å²) in [5.41, 5.74) is 2.19. The average molecular weight is 226 g/mol. The van der Waals surface area contributed by atoms with Crippen LogP contribution in [0, 0.1) is 0 Å². The summed E-state index contributed by atoms with van der Waals surface area (Å²) >= 11 is 8.45. The molecule has 0 aromatic carbocycles. The molecule has 0 fully saturated rings. The Balaban J connectivity index is 0. The molecule has 2 heteroatoms. The van der Waals surface area contributed by atoms with Crippen molar-refractivity contribution in [3.8, 4) is 0 Å². The maximum absolute atomic E-state index is 5.24. The molecular formula is C8H14BrCl. The summed E-state index contributed by atoms with van der Waals surface area (Å²) in [6.45, 7) is 11.0. The Morgan fingerprint density at radius 2 is 1.50 bits per heavy atom. The minimum absolute atomic E-state index is 0.583. The Morgan fingerprint density at radius 3 is 1.50 bits per heavy atom. The van der Waals surface area contributed by atoms with Gasteiger partial charge in [-0.25, -0.2) is 0 Å². The molecule has 0 nitrogen and oxygen atoms in total. The number of alkyl halides is 2. The number of halogens is 2. The Morgan fingerprint density at radius 1 is 1.30 bits per heavy atom. The highest BCUT2D eigenvalue weighted by atomic mass is 79.9. The molecular weight excluding hydrogens is 211 g/mol. The summed E-state index contributed by atoms with van der Waals surface area (Å²) in [7, 11) is 0. The maximum Gasteiger partial charge on any atom is 0.0428 e. The summed E-state index contributed by atoms with van der Waals surface area (Å²) in [4.78, 5) is 0. The minimum atomic E-state index is 0.583. The molecule has 0 aromatic rings. The standard InChI is InChI=1S/C4H7Br.C4H7Cl/c2*1-4(2)3-5/h2*1,3H2,2H3. The quantitative estimate of drug-likeness (QED) is 0.496. The van der Waals surface area contributed by atoms with Gasteiger partial charge in [-0.2, -0.15) is 0 Å². The van der Waals surface area contributed by atoms with E-state index in [9.17, 15) is 0 Å². The third-order valence-electron chi connectivity index (χ3n) is 0.456. The number of rotatable bonds is 2. The van der Waals surface area contributed by atoms with Gasteiger partial charge in [0.2, 0.25) is 0 Å². The third-order valence-corrected chi connectivity index (χ3v) is 1.87. The van der Waals surface area contributed by atoms with Crippen LogP contribution >= 0.6 is 27.5 Å². The van der Waals surface area contributed by atoms with Crippen molar-refractivity contribution < 1.29 is 0 Å². The second-order valence-corrected chi connectivity index (χ2v) is 3.01. The fraction of sp³-hybridized carbons (Fsp3) is 0.500. The molecule has 0 heterocycles. The van der Waals surface area contributed by atoms with Crippen LogP contribution in [0.1, 0.15) is 13.8 Å². The monoisotopic (exact) mass is 224 g/mol. The molecule has 0 aliphatic carbocycles. The van der Waals surface area contributed by atoms with E-state index in [1.807, 2.05) is 13.8 Å². The van der Waals surface area contributed by atoms with Gasteiger partial charge in [-0.1, -0.05) is 40.2 Å². The minimum Gasteiger partial charge on any atom is -0.122 e. The largest absolute Gasteiger partial charge is 0.122 e. The van der Waals surface area contributed by atoms with E-state index in [0.29, 0.717) is 5.88 Å². The predicted molar refractivity (Wildman–Crippen MR) is 54.1 cm³/mol. The lowest BCUT2D eigenvalue weighted by Gasteiger charge is -1.77. The number of hydrogen-bond acceptors (Lipinski definition) is 0. The van der Waals surface area contributed by atoms with E-state index < -0.39 is 0 Å². The van der Waals surface area contributed by atoms with Gasteiger partial charge < -0.3 is 0 Å². The first kappa shape index (κ1) is 12.9. The molecule has 0 atom stereocenters. The molecule has 0 N–H and O–H groups in total. The first-order valence-electron chi connectivity index (χ1n) is 2.95. The second kappa shape index (κ2) is 9.25. The van der Waals surface area contributed by atoms with Gasteiger partial charge in [-0.15, -0.1) is 11.6 Å². The van der Waals surface area contributed by atoms with Crippen LogP contribution in [-0.2, 0) is 0 Å². The van der Waals surface area contributed by atoms with E-state index >= 15 is 0 Å². The summed E-state index contributed by atoms with van der Waals surface area (Å²) in [5, 5.41) is 0.924. The highest BCUT2D eigenvalue weighted by Crippen LogP contribution is 1.89. The van der Waals surface area contributed by atoms with Crippen LogP contribution in [-0.4, -0.2) is 11.2 Å². The van der Waals surface area contributed by atoms with E-state index in [1.54, 1.807) is 0 Å². The molecule has 0 saturated carbocycles. The van der Waals surface area contributed by atoms with Crippen LogP contribution in [0.25, 0.3) is 0 Å². The molecule has 0 radical (unpaired) electrons. The predicted octanol–water partition coefficient (Wildman–Crippen LogP) is 3.76. The van der Waals surface area contributed by atoms with Crippen LogP contribution < -0.4 is 0 Å². The van der Waals surface area contributed by atoms with Crippen molar-refractivity contribution in [1.29, 1.82) is 0 Å². The summed E-state index contributed by atoms with van der Waals surface area (Å²) in [5.74, 6) is 0.583. The van der Waals surface area contributed by atoms with Crippen LogP contribution in [0.2, 0.25) is 0 Å². The van der Waals surface area contributed by atoms with Crippen LogP contribution in [0.3, 0.4) is 0 Å². The molecule has 0 bridgehead atoms. The van der Waals surface area contributed by atoms with Gasteiger partial charge in [-0.3, -0.25) is 0 Å². The third kappa shape index (κ3) is 24.0. The van der Waals surface area contributed by atoms with Gasteiger partial charge in [0.1, 0.15) is 0 Å². The van der Waals surface area contributed by atoms with Gasteiger partial charge in [0.15, 0.2) is 0 Å². The summed E-state index contributed by atoms with van der Waals surface area (Å²) in [6.07, 6.45) is 0. The zero-order valence-electron chi connectivity index (χ0n) is 6.58. The Kier molecular flexibility index (Phi) is 11.9. The molecule has 0 aliphatic heterocycles. The van der Waals surface area contributed by atoms with Crippen molar-refractivity contribution >= 4 is 27.5 Å². The molecule has 0 saturated heterocycles. The van der Waals surface area contributed by atoms with Crippen molar-refractivity contribution in [3.05, 3.63) is 24.3 Å². The van der Waals surface area contributed by atoms with Crippen molar-refractivity contribution in [2.24, 2.45) is 0 Å². The normalized spacial score (nSPS) is 7.60. The summed E-state index contributed by atoms with van der Waals surface area (Å²) < 4.78 is 0. The second-order valence-electron chi connectivity index (χ2n) is 2.18. The lowest BCUT2D eigenvalue weighted by molar-refractivity contribution is 1.43. The van der Waals surface area contributed by atoms with Crippen molar-refractivity contribution in [2.75, 3.05) is 11.2 Å². The number of allylic oxidation sites excluding steroid dienone is 2. The summed E-state index contributed by atoms with van der Waals surface area (Å²) in [6, 6.07) is 0. The van der Waals surface area contributed by atoms with E-state index in [1.165, 1.54) is 5.57 Å². The lowest BCUT2D eigenvalue weighted by Crippen LogP contribution is -1.65. The van der Waals surface area contributed by atoms with Gasteiger partial charge in [0.25, 0.3) is 0 Å². The first-order chi connectivity index (χ1) is 4.54. The Bertz CT molecular complexity index is 93.8. The molecule has 10 heavy (non-hydrogen) atoms. The van der Waals surface area contributed by atoms with Gasteiger partial charge in [-0.05, 0) is 13.8 Å². The zero-order valence-corrected chi connectivity index (χ0v) is 8.93. The Hall–Kier alpha value is 0.250. The highest BCUT2D eigenvalue weighted by Gasteiger charge is 1.70. The lowest BCUT2D eigenvalue weighted by atomic mass is 10.4. The zero-order chi connectivity index (χ0) is 8.57. The van der Waals surface area contributed by atoms with Crippen LogP contribution in [0.4, 0.5) is 0 Å². The van der Waals surface area contributed by atoms with E-state index in [-0.39, 0.29) is 0 Å². The van der Waals surface area contributed by atoms with Crippen molar-refractivity contribution in [1.82, 2.24) is 0 Å². The molecule has 0 aliphatic rings. The highest BCUT2D eigenvalue weighted by molar-refractivity contribution is 9.09. The average Bonchev–Trinajstić information content (AvgIpc) is 1.89. The van der Waals surface area contributed by atoms with Crippen LogP contribution in [0.15, 0.2) is 24.3 Å². The molecule has 0 unspecified atom stereocenters. The fourth-order valence-electron chi connectivity index (χ4n) is 0. The first-order valence-corrected chi connectivity index (χ1v) is 4.60. The fourth-order valence-corrected chi connectivity index (χ4v) is 0.